The first kappa shape index (κ1) is 15.5. The molecule has 0 aliphatic heterocycles. The van der Waals surface area contributed by atoms with Gasteiger partial charge in [-0.05, 0) is 68.3 Å². The van der Waals surface area contributed by atoms with Crippen molar-refractivity contribution in [2.24, 2.45) is 11.8 Å². The molecule has 1 fully saturated rings. The predicted molar refractivity (Wildman–Crippen MR) is 83.4 cm³/mol. The maximum Gasteiger partial charge on any atom is 0.123 e. The van der Waals surface area contributed by atoms with E-state index in [0.717, 1.165) is 23.8 Å². The number of hydrogen-bond donors (Lipinski definition) is 1. The molecule has 2 heteroatoms. The van der Waals surface area contributed by atoms with Crippen LogP contribution in [-0.2, 0) is 6.42 Å². The summed E-state index contributed by atoms with van der Waals surface area (Å²) in [6.45, 7) is 4.33. The van der Waals surface area contributed by atoms with Gasteiger partial charge in [-0.1, -0.05) is 32.3 Å². The number of benzene rings is 1. The minimum atomic E-state index is -0.129. The average Bonchev–Trinajstić information content (AvgIpc) is 2.46. The summed E-state index contributed by atoms with van der Waals surface area (Å²) in [7, 11) is 2.07. The number of rotatable bonds is 5. The Balaban J connectivity index is 2.04. The minimum Gasteiger partial charge on any atom is -0.316 e. The zero-order chi connectivity index (χ0) is 14.5. The molecule has 1 aliphatic carbocycles. The van der Waals surface area contributed by atoms with E-state index in [2.05, 4.69) is 19.3 Å². The summed E-state index contributed by atoms with van der Waals surface area (Å²) >= 11 is 0. The molecule has 112 valence electrons. The van der Waals surface area contributed by atoms with Crippen LogP contribution in [-0.4, -0.2) is 13.1 Å². The maximum atomic E-state index is 13.2. The highest BCUT2D eigenvalue weighted by Crippen LogP contribution is 2.34. The third kappa shape index (κ3) is 3.82. The van der Waals surface area contributed by atoms with Crippen LogP contribution in [0.15, 0.2) is 18.2 Å². The van der Waals surface area contributed by atoms with Crippen molar-refractivity contribution in [2.75, 3.05) is 7.05 Å². The highest BCUT2D eigenvalue weighted by molar-refractivity contribution is 5.27. The van der Waals surface area contributed by atoms with Gasteiger partial charge in [0.2, 0.25) is 0 Å². The molecule has 0 radical (unpaired) electrons. The molecule has 1 nitrogen and oxygen atoms in total. The molecule has 0 aromatic heterocycles. The molecular formula is C18H28FN. The van der Waals surface area contributed by atoms with Gasteiger partial charge in [0.25, 0.3) is 0 Å². The number of likely N-dealkylation sites (N-methyl/N-ethyl adjacent to an activating group) is 1. The van der Waals surface area contributed by atoms with E-state index in [9.17, 15) is 4.39 Å². The molecule has 1 aromatic rings. The van der Waals surface area contributed by atoms with Crippen molar-refractivity contribution in [2.45, 2.75) is 58.4 Å². The van der Waals surface area contributed by atoms with E-state index in [-0.39, 0.29) is 5.82 Å². The number of aryl methyl sites for hydroxylation is 1. The van der Waals surface area contributed by atoms with Crippen molar-refractivity contribution in [3.8, 4) is 0 Å². The van der Waals surface area contributed by atoms with Gasteiger partial charge in [0.1, 0.15) is 5.82 Å². The van der Waals surface area contributed by atoms with Crippen LogP contribution in [0.5, 0.6) is 0 Å². The second kappa shape index (κ2) is 7.21. The van der Waals surface area contributed by atoms with Crippen molar-refractivity contribution in [1.82, 2.24) is 5.32 Å². The van der Waals surface area contributed by atoms with Crippen molar-refractivity contribution in [1.29, 1.82) is 0 Å². The topological polar surface area (TPSA) is 12.0 Å². The fraction of sp³-hybridized carbons (Fsp3) is 0.667. The summed E-state index contributed by atoms with van der Waals surface area (Å²) in [5.41, 5.74) is 2.36. The molecule has 1 N–H and O–H groups in total. The van der Waals surface area contributed by atoms with Crippen molar-refractivity contribution < 1.29 is 4.39 Å². The highest BCUT2D eigenvalue weighted by Gasteiger charge is 2.27. The molecule has 0 heterocycles. The van der Waals surface area contributed by atoms with Crippen LogP contribution in [0.3, 0.4) is 0 Å². The minimum absolute atomic E-state index is 0.129. The van der Waals surface area contributed by atoms with Crippen LogP contribution in [0.1, 0.15) is 50.2 Å². The molecule has 1 saturated carbocycles. The lowest BCUT2D eigenvalue weighted by atomic mass is 9.75. The molecule has 2 rings (SSSR count). The van der Waals surface area contributed by atoms with Gasteiger partial charge in [0.05, 0.1) is 0 Å². The van der Waals surface area contributed by atoms with Crippen molar-refractivity contribution in [3.63, 3.8) is 0 Å². The standard InChI is InChI=1S/C18H28FN/c1-4-14-6-5-7-16(11-14)18(20-3)12-15-8-9-17(19)10-13(15)2/h8-10,14,16,18,20H,4-7,11-12H2,1-3H3. The zero-order valence-electron chi connectivity index (χ0n) is 13.1. The van der Waals surface area contributed by atoms with E-state index >= 15 is 0 Å². The lowest BCUT2D eigenvalue weighted by molar-refractivity contribution is 0.212. The van der Waals surface area contributed by atoms with Crippen LogP contribution in [0.25, 0.3) is 0 Å². The lowest BCUT2D eigenvalue weighted by Crippen LogP contribution is -2.38. The van der Waals surface area contributed by atoms with Crippen LogP contribution >= 0.6 is 0 Å². The number of nitrogens with one attached hydrogen (secondary N) is 1. The monoisotopic (exact) mass is 277 g/mol. The van der Waals surface area contributed by atoms with Crippen LogP contribution in [0.2, 0.25) is 0 Å². The Kier molecular flexibility index (Phi) is 5.59. The zero-order valence-corrected chi connectivity index (χ0v) is 13.1. The van der Waals surface area contributed by atoms with Gasteiger partial charge in [-0.2, -0.15) is 0 Å². The van der Waals surface area contributed by atoms with E-state index in [4.69, 9.17) is 0 Å². The Bertz CT molecular complexity index is 429. The largest absolute Gasteiger partial charge is 0.316 e. The number of hydrogen-bond acceptors (Lipinski definition) is 1. The first-order chi connectivity index (χ1) is 9.63. The predicted octanol–water partition coefficient (Wildman–Crippen LogP) is 4.48. The molecule has 1 aromatic carbocycles. The van der Waals surface area contributed by atoms with E-state index in [1.165, 1.54) is 37.7 Å². The van der Waals surface area contributed by atoms with Crippen LogP contribution in [0, 0.1) is 24.6 Å². The van der Waals surface area contributed by atoms with Crippen LogP contribution < -0.4 is 5.32 Å². The second-order valence-electron chi connectivity index (χ2n) is 6.37. The Morgan fingerprint density at radius 1 is 1.35 bits per heavy atom. The number of halogens is 1. The van der Waals surface area contributed by atoms with Crippen molar-refractivity contribution in [3.05, 3.63) is 35.1 Å². The molecule has 3 unspecified atom stereocenters. The molecule has 20 heavy (non-hydrogen) atoms. The third-order valence-corrected chi connectivity index (χ3v) is 5.09. The summed E-state index contributed by atoms with van der Waals surface area (Å²) in [5.74, 6) is 1.54. The molecule has 0 spiro atoms. The Morgan fingerprint density at radius 3 is 2.80 bits per heavy atom. The van der Waals surface area contributed by atoms with Gasteiger partial charge in [-0.3, -0.25) is 0 Å². The SMILES string of the molecule is CCC1CCCC(C(Cc2ccc(F)cc2C)NC)C1. The fourth-order valence-electron chi connectivity index (χ4n) is 3.70. The van der Waals surface area contributed by atoms with Crippen LogP contribution in [0.4, 0.5) is 4.39 Å². The Hall–Kier alpha value is -0.890. The van der Waals surface area contributed by atoms with Gasteiger partial charge in [0.15, 0.2) is 0 Å². The Morgan fingerprint density at radius 2 is 2.15 bits per heavy atom. The van der Waals surface area contributed by atoms with Crippen molar-refractivity contribution >= 4 is 0 Å². The van der Waals surface area contributed by atoms with E-state index in [0.29, 0.717) is 6.04 Å². The normalized spacial score (nSPS) is 24.6. The summed E-state index contributed by atoms with van der Waals surface area (Å²) in [6.07, 6.45) is 7.78. The van der Waals surface area contributed by atoms with Gasteiger partial charge in [-0.15, -0.1) is 0 Å². The van der Waals surface area contributed by atoms with E-state index in [1.54, 1.807) is 12.1 Å². The van der Waals surface area contributed by atoms with E-state index < -0.39 is 0 Å². The molecule has 0 bridgehead atoms. The van der Waals surface area contributed by atoms with Gasteiger partial charge < -0.3 is 5.32 Å². The molecule has 0 saturated heterocycles. The van der Waals surface area contributed by atoms with Gasteiger partial charge >= 0.3 is 0 Å². The molecule has 3 atom stereocenters. The second-order valence-corrected chi connectivity index (χ2v) is 6.37. The smallest absolute Gasteiger partial charge is 0.123 e. The first-order valence-corrected chi connectivity index (χ1v) is 8.06. The van der Waals surface area contributed by atoms with Gasteiger partial charge in [-0.25, -0.2) is 4.39 Å². The summed E-state index contributed by atoms with van der Waals surface area (Å²) < 4.78 is 13.2. The molecular weight excluding hydrogens is 249 g/mol. The average molecular weight is 277 g/mol. The third-order valence-electron chi connectivity index (χ3n) is 5.09. The van der Waals surface area contributed by atoms with Gasteiger partial charge in [0, 0.05) is 6.04 Å². The summed E-state index contributed by atoms with van der Waals surface area (Å²) in [4.78, 5) is 0. The maximum absolute atomic E-state index is 13.2. The lowest BCUT2D eigenvalue weighted by Gasteiger charge is -2.34. The summed E-state index contributed by atoms with van der Waals surface area (Å²) in [6, 6.07) is 5.71. The summed E-state index contributed by atoms with van der Waals surface area (Å²) in [5, 5.41) is 3.51. The van der Waals surface area contributed by atoms with E-state index in [1.807, 2.05) is 13.0 Å². The molecule has 1 aliphatic rings. The first-order valence-electron chi connectivity index (χ1n) is 8.06. The fourth-order valence-corrected chi connectivity index (χ4v) is 3.70. The molecule has 0 amide bonds. The highest BCUT2D eigenvalue weighted by atomic mass is 19.1. The quantitative estimate of drug-likeness (QED) is 0.836. The Labute approximate surface area is 123 Å².